The molecular formula is C16H25N5. The minimum absolute atomic E-state index is 0.101. The Labute approximate surface area is 126 Å². The van der Waals surface area contributed by atoms with Crippen molar-refractivity contribution in [2.24, 2.45) is 0 Å². The molecular weight excluding hydrogens is 262 g/mol. The molecule has 0 saturated carbocycles. The summed E-state index contributed by atoms with van der Waals surface area (Å²) in [6.45, 7) is 15.4. The van der Waals surface area contributed by atoms with Gasteiger partial charge in [-0.05, 0) is 27.7 Å². The van der Waals surface area contributed by atoms with E-state index in [2.05, 4.69) is 51.8 Å². The summed E-state index contributed by atoms with van der Waals surface area (Å²) in [6, 6.07) is 0. The molecule has 0 aromatic carbocycles. The van der Waals surface area contributed by atoms with Crippen LogP contribution in [0.15, 0.2) is 6.33 Å². The van der Waals surface area contributed by atoms with Gasteiger partial charge in [-0.2, -0.15) is 0 Å². The predicted octanol–water partition coefficient (Wildman–Crippen LogP) is 3.32. The number of hydrogen-bond acceptors (Lipinski definition) is 4. The van der Waals surface area contributed by atoms with Crippen LogP contribution in [0.5, 0.6) is 0 Å². The van der Waals surface area contributed by atoms with Crippen LogP contribution >= 0.6 is 0 Å². The molecule has 0 aliphatic carbocycles. The summed E-state index contributed by atoms with van der Waals surface area (Å²) in [5.41, 5.74) is 3.08. The van der Waals surface area contributed by atoms with Crippen LogP contribution in [0.3, 0.4) is 0 Å². The molecule has 0 radical (unpaired) electrons. The molecule has 2 heterocycles. The molecule has 2 aromatic heterocycles. The smallest absolute Gasteiger partial charge is 0.146 e. The number of hydrogen-bond donors (Lipinski definition) is 1. The van der Waals surface area contributed by atoms with Crippen molar-refractivity contribution in [3.05, 3.63) is 29.1 Å². The van der Waals surface area contributed by atoms with E-state index in [1.807, 2.05) is 17.8 Å². The second-order valence-corrected chi connectivity index (χ2v) is 6.41. The van der Waals surface area contributed by atoms with E-state index in [0.717, 1.165) is 41.0 Å². The number of rotatable bonds is 3. The van der Waals surface area contributed by atoms with Crippen LogP contribution in [0.1, 0.15) is 50.5 Å². The van der Waals surface area contributed by atoms with E-state index in [4.69, 9.17) is 9.97 Å². The monoisotopic (exact) mass is 287 g/mol. The largest absolute Gasteiger partial charge is 0.370 e. The van der Waals surface area contributed by atoms with Crippen molar-refractivity contribution in [1.82, 2.24) is 19.5 Å². The third-order valence-corrected chi connectivity index (χ3v) is 3.62. The lowest BCUT2D eigenvalue weighted by atomic mass is 9.95. The zero-order valence-corrected chi connectivity index (χ0v) is 14.1. The molecule has 0 aliphatic rings. The molecule has 5 nitrogen and oxygen atoms in total. The van der Waals surface area contributed by atoms with Gasteiger partial charge in [0.2, 0.25) is 0 Å². The quantitative estimate of drug-likeness (QED) is 0.941. The van der Waals surface area contributed by atoms with E-state index in [-0.39, 0.29) is 5.41 Å². The SMILES string of the molecule is CCNc1nc(C(C)(C)C)nc(-n2cnc(C)c2C)c1C. The zero-order valence-electron chi connectivity index (χ0n) is 14.1. The Morgan fingerprint density at radius 1 is 1.14 bits per heavy atom. The van der Waals surface area contributed by atoms with Crippen molar-refractivity contribution in [2.45, 2.75) is 53.9 Å². The lowest BCUT2D eigenvalue weighted by Gasteiger charge is -2.21. The Kier molecular flexibility index (Phi) is 4.03. The molecule has 114 valence electrons. The lowest BCUT2D eigenvalue weighted by molar-refractivity contribution is 0.543. The topological polar surface area (TPSA) is 55.6 Å². The first-order valence-electron chi connectivity index (χ1n) is 7.39. The van der Waals surface area contributed by atoms with Crippen LogP contribution in [0.4, 0.5) is 5.82 Å². The fourth-order valence-electron chi connectivity index (χ4n) is 2.13. The van der Waals surface area contributed by atoms with Gasteiger partial charge in [0.15, 0.2) is 0 Å². The van der Waals surface area contributed by atoms with E-state index in [1.54, 1.807) is 0 Å². The highest BCUT2D eigenvalue weighted by Gasteiger charge is 2.22. The van der Waals surface area contributed by atoms with Crippen LogP contribution in [0.2, 0.25) is 0 Å². The Bertz CT molecular complexity index is 649. The van der Waals surface area contributed by atoms with E-state index in [9.17, 15) is 0 Å². The summed E-state index contributed by atoms with van der Waals surface area (Å²) in [5, 5.41) is 3.34. The molecule has 5 heteroatoms. The fraction of sp³-hybridized carbons (Fsp3) is 0.562. The van der Waals surface area contributed by atoms with E-state index in [1.165, 1.54) is 0 Å². The Balaban J connectivity index is 2.69. The molecule has 0 aliphatic heterocycles. The Morgan fingerprint density at radius 3 is 2.29 bits per heavy atom. The number of aryl methyl sites for hydroxylation is 1. The van der Waals surface area contributed by atoms with Crippen LogP contribution in [-0.4, -0.2) is 26.1 Å². The van der Waals surface area contributed by atoms with Crippen molar-refractivity contribution < 1.29 is 0 Å². The van der Waals surface area contributed by atoms with Crippen molar-refractivity contribution in [3.8, 4) is 5.82 Å². The van der Waals surface area contributed by atoms with E-state index < -0.39 is 0 Å². The van der Waals surface area contributed by atoms with Crippen molar-refractivity contribution in [1.29, 1.82) is 0 Å². The lowest BCUT2D eigenvalue weighted by Crippen LogP contribution is -2.20. The van der Waals surface area contributed by atoms with Gasteiger partial charge in [0.1, 0.15) is 23.8 Å². The highest BCUT2D eigenvalue weighted by atomic mass is 15.2. The van der Waals surface area contributed by atoms with Gasteiger partial charge in [-0.1, -0.05) is 20.8 Å². The highest BCUT2D eigenvalue weighted by Crippen LogP contribution is 2.26. The molecule has 2 aromatic rings. The van der Waals surface area contributed by atoms with Gasteiger partial charge in [0.05, 0.1) is 5.69 Å². The number of anilines is 1. The summed E-state index contributed by atoms with van der Waals surface area (Å²) in [7, 11) is 0. The first kappa shape index (κ1) is 15.5. The number of imidazole rings is 1. The van der Waals surface area contributed by atoms with Gasteiger partial charge in [0.25, 0.3) is 0 Å². The van der Waals surface area contributed by atoms with Crippen LogP contribution in [-0.2, 0) is 5.41 Å². The van der Waals surface area contributed by atoms with Gasteiger partial charge >= 0.3 is 0 Å². The van der Waals surface area contributed by atoms with Gasteiger partial charge in [-0.25, -0.2) is 15.0 Å². The first-order valence-corrected chi connectivity index (χ1v) is 7.39. The van der Waals surface area contributed by atoms with Crippen molar-refractivity contribution in [2.75, 3.05) is 11.9 Å². The molecule has 0 fully saturated rings. The maximum atomic E-state index is 4.80. The minimum atomic E-state index is -0.101. The molecule has 0 spiro atoms. The number of aromatic nitrogens is 4. The molecule has 0 bridgehead atoms. The normalized spacial score (nSPS) is 11.8. The average molecular weight is 287 g/mol. The van der Waals surface area contributed by atoms with Crippen LogP contribution in [0, 0.1) is 20.8 Å². The van der Waals surface area contributed by atoms with Crippen molar-refractivity contribution >= 4 is 5.82 Å². The zero-order chi connectivity index (χ0) is 15.8. The Hall–Kier alpha value is -1.91. The number of nitrogens with one attached hydrogen (secondary N) is 1. The predicted molar refractivity (Wildman–Crippen MR) is 86.2 cm³/mol. The summed E-state index contributed by atoms with van der Waals surface area (Å²) in [6.07, 6.45) is 1.84. The molecule has 0 unspecified atom stereocenters. The fourth-order valence-corrected chi connectivity index (χ4v) is 2.13. The maximum absolute atomic E-state index is 4.80. The molecule has 0 saturated heterocycles. The minimum Gasteiger partial charge on any atom is -0.370 e. The molecule has 2 rings (SSSR count). The van der Waals surface area contributed by atoms with E-state index in [0.29, 0.717) is 0 Å². The highest BCUT2D eigenvalue weighted by molar-refractivity contribution is 5.52. The summed E-state index contributed by atoms with van der Waals surface area (Å²) >= 11 is 0. The van der Waals surface area contributed by atoms with Crippen LogP contribution < -0.4 is 5.32 Å². The first-order chi connectivity index (χ1) is 9.75. The van der Waals surface area contributed by atoms with Gasteiger partial charge in [-0.3, -0.25) is 4.57 Å². The number of nitrogens with zero attached hydrogens (tertiary/aromatic N) is 4. The van der Waals surface area contributed by atoms with Crippen molar-refractivity contribution in [3.63, 3.8) is 0 Å². The maximum Gasteiger partial charge on any atom is 0.146 e. The average Bonchev–Trinajstić information content (AvgIpc) is 2.72. The van der Waals surface area contributed by atoms with Gasteiger partial charge in [0, 0.05) is 23.2 Å². The van der Waals surface area contributed by atoms with Gasteiger partial charge in [-0.15, -0.1) is 0 Å². The molecule has 21 heavy (non-hydrogen) atoms. The summed E-state index contributed by atoms with van der Waals surface area (Å²) < 4.78 is 2.04. The Morgan fingerprint density at radius 2 is 1.81 bits per heavy atom. The third kappa shape index (κ3) is 2.91. The van der Waals surface area contributed by atoms with Gasteiger partial charge < -0.3 is 5.32 Å². The molecule has 0 atom stereocenters. The van der Waals surface area contributed by atoms with Crippen LogP contribution in [0.25, 0.3) is 5.82 Å². The second-order valence-electron chi connectivity index (χ2n) is 6.41. The third-order valence-electron chi connectivity index (χ3n) is 3.62. The second kappa shape index (κ2) is 5.47. The molecule has 1 N–H and O–H groups in total. The standard InChI is InChI=1S/C16H25N5/c1-8-17-13-10(2)14(20-15(19-13)16(5,6)7)21-9-18-11(3)12(21)4/h9H,8H2,1-7H3,(H,17,19,20). The van der Waals surface area contributed by atoms with E-state index >= 15 is 0 Å². The summed E-state index contributed by atoms with van der Waals surface area (Å²) in [4.78, 5) is 13.9. The summed E-state index contributed by atoms with van der Waals surface area (Å²) in [5.74, 6) is 2.65. The molecule has 0 amide bonds.